The Labute approximate surface area is 83.2 Å². The van der Waals surface area contributed by atoms with Gasteiger partial charge in [0.25, 0.3) is 5.91 Å². The molecular weight excluding hydrogens is 185 g/mol. The molecule has 0 aliphatic carbocycles. The van der Waals surface area contributed by atoms with E-state index in [1.54, 1.807) is 25.7 Å². The molecule has 0 aromatic carbocycles. The minimum atomic E-state index is -1.73. The summed E-state index contributed by atoms with van der Waals surface area (Å²) in [5.41, 5.74) is -2.38. The van der Waals surface area contributed by atoms with Crippen molar-refractivity contribution >= 4 is 5.91 Å². The van der Waals surface area contributed by atoms with Gasteiger partial charge in [0.05, 0.1) is 12.6 Å². The van der Waals surface area contributed by atoms with Crippen LogP contribution in [0.1, 0.15) is 27.7 Å². The summed E-state index contributed by atoms with van der Waals surface area (Å²) in [5, 5.41) is 0. The van der Waals surface area contributed by atoms with Crippen LogP contribution in [0.4, 0.5) is 4.39 Å². The van der Waals surface area contributed by atoms with Crippen molar-refractivity contribution < 1.29 is 13.9 Å². The summed E-state index contributed by atoms with van der Waals surface area (Å²) in [7, 11) is 0. The van der Waals surface area contributed by atoms with E-state index in [0.29, 0.717) is 6.61 Å². The Hall–Kier alpha value is -0.640. The van der Waals surface area contributed by atoms with Gasteiger partial charge in [0.15, 0.2) is 5.67 Å². The molecule has 0 aromatic heterocycles. The average Bonchev–Trinajstić information content (AvgIpc) is 2.45. The molecule has 3 unspecified atom stereocenters. The van der Waals surface area contributed by atoms with Crippen molar-refractivity contribution in [2.45, 2.75) is 45.1 Å². The number of hydrogen-bond donors (Lipinski definition) is 0. The summed E-state index contributed by atoms with van der Waals surface area (Å²) in [6.07, 6.45) is 0. The molecule has 2 aliphatic heterocycles. The quantitative estimate of drug-likeness (QED) is 0.591. The van der Waals surface area contributed by atoms with Gasteiger partial charge < -0.3 is 9.64 Å². The molecule has 2 aliphatic rings. The van der Waals surface area contributed by atoms with Crippen LogP contribution in [0.3, 0.4) is 0 Å². The fourth-order valence-electron chi connectivity index (χ4n) is 2.39. The van der Waals surface area contributed by atoms with Crippen LogP contribution in [0.5, 0.6) is 0 Å². The molecule has 14 heavy (non-hydrogen) atoms. The van der Waals surface area contributed by atoms with Crippen molar-refractivity contribution in [2.24, 2.45) is 5.92 Å². The number of ether oxygens (including phenoxy) is 1. The number of halogens is 1. The summed E-state index contributed by atoms with van der Waals surface area (Å²) in [4.78, 5) is 13.4. The number of carbonyl (C=O) groups excluding carboxylic acids is 1. The normalized spacial score (nSPS) is 45.8. The lowest BCUT2D eigenvalue weighted by Gasteiger charge is -2.29. The van der Waals surface area contributed by atoms with E-state index >= 15 is 0 Å². The Morgan fingerprint density at radius 3 is 2.57 bits per heavy atom. The first kappa shape index (κ1) is 9.90. The first-order valence-corrected chi connectivity index (χ1v) is 4.95. The Morgan fingerprint density at radius 1 is 1.50 bits per heavy atom. The van der Waals surface area contributed by atoms with E-state index in [-0.39, 0.29) is 12.0 Å². The minimum Gasteiger partial charge on any atom is -0.354 e. The Bertz CT molecular complexity index is 288. The monoisotopic (exact) mass is 201 g/mol. The van der Waals surface area contributed by atoms with Gasteiger partial charge in [-0.25, -0.2) is 4.39 Å². The molecule has 3 nitrogen and oxygen atoms in total. The molecule has 2 fully saturated rings. The summed E-state index contributed by atoms with van der Waals surface area (Å²) in [6.45, 7) is 7.19. The lowest BCUT2D eigenvalue weighted by molar-refractivity contribution is -0.151. The molecule has 80 valence electrons. The van der Waals surface area contributed by atoms with Crippen molar-refractivity contribution in [3.8, 4) is 0 Å². The summed E-state index contributed by atoms with van der Waals surface area (Å²) in [5.74, 6) is -0.728. The third-order valence-electron chi connectivity index (χ3n) is 3.59. The molecule has 0 spiro atoms. The molecule has 1 amide bonds. The van der Waals surface area contributed by atoms with Crippen molar-refractivity contribution in [1.82, 2.24) is 4.90 Å². The maximum absolute atomic E-state index is 14.0. The van der Waals surface area contributed by atoms with Crippen LogP contribution >= 0.6 is 0 Å². The van der Waals surface area contributed by atoms with Crippen LogP contribution in [0.25, 0.3) is 0 Å². The smallest absolute Gasteiger partial charge is 0.262 e. The minimum absolute atomic E-state index is 0.104. The van der Waals surface area contributed by atoms with Crippen LogP contribution in [0, 0.1) is 5.92 Å². The summed E-state index contributed by atoms with van der Waals surface area (Å²) >= 11 is 0. The molecule has 0 N–H and O–H groups in total. The third-order valence-corrected chi connectivity index (χ3v) is 3.59. The molecule has 3 atom stereocenters. The SMILES string of the molecule is CC1C2COC(C)(C)N2C(=O)C1(C)F. The van der Waals surface area contributed by atoms with E-state index in [9.17, 15) is 9.18 Å². The first-order valence-electron chi connectivity index (χ1n) is 4.95. The first-order chi connectivity index (χ1) is 6.28. The highest BCUT2D eigenvalue weighted by molar-refractivity contribution is 5.88. The molecule has 0 saturated carbocycles. The Kier molecular flexibility index (Phi) is 1.75. The average molecular weight is 201 g/mol. The highest BCUT2D eigenvalue weighted by Crippen LogP contribution is 2.45. The van der Waals surface area contributed by atoms with E-state index < -0.39 is 17.3 Å². The van der Waals surface area contributed by atoms with E-state index in [4.69, 9.17) is 4.74 Å². The van der Waals surface area contributed by atoms with Gasteiger partial charge in [-0.2, -0.15) is 0 Å². The van der Waals surface area contributed by atoms with Crippen LogP contribution in [-0.4, -0.2) is 34.8 Å². The third kappa shape index (κ3) is 0.975. The van der Waals surface area contributed by atoms with Gasteiger partial charge in [0, 0.05) is 5.92 Å². The second-order valence-electron chi connectivity index (χ2n) is 4.86. The topological polar surface area (TPSA) is 29.5 Å². The zero-order chi connectivity index (χ0) is 10.7. The standard InChI is InChI=1S/C10H16FNO2/c1-6-7-5-14-9(2,3)12(7)8(13)10(6,4)11/h6-7H,5H2,1-4H3. The summed E-state index contributed by atoms with van der Waals surface area (Å²) < 4.78 is 19.5. The highest BCUT2D eigenvalue weighted by Gasteiger charge is 2.62. The zero-order valence-electron chi connectivity index (χ0n) is 9.00. The van der Waals surface area contributed by atoms with Gasteiger partial charge >= 0.3 is 0 Å². The van der Waals surface area contributed by atoms with Gasteiger partial charge in [-0.15, -0.1) is 0 Å². The molecule has 2 saturated heterocycles. The lowest BCUT2D eigenvalue weighted by Crippen LogP contribution is -2.46. The van der Waals surface area contributed by atoms with Gasteiger partial charge in [-0.1, -0.05) is 6.92 Å². The zero-order valence-corrected chi connectivity index (χ0v) is 9.00. The molecule has 2 rings (SSSR count). The van der Waals surface area contributed by atoms with E-state index in [1.807, 2.05) is 0 Å². The molecule has 0 aromatic rings. The molecule has 4 heteroatoms. The Morgan fingerprint density at radius 2 is 2.07 bits per heavy atom. The van der Waals surface area contributed by atoms with Crippen LogP contribution in [0.15, 0.2) is 0 Å². The van der Waals surface area contributed by atoms with Gasteiger partial charge in [-0.3, -0.25) is 4.79 Å². The van der Waals surface area contributed by atoms with E-state index in [0.717, 1.165) is 0 Å². The molecular formula is C10H16FNO2. The van der Waals surface area contributed by atoms with Gasteiger partial charge in [0.1, 0.15) is 5.72 Å². The predicted octanol–water partition coefficient (Wildman–Crippen LogP) is 1.33. The highest BCUT2D eigenvalue weighted by atomic mass is 19.1. The van der Waals surface area contributed by atoms with Gasteiger partial charge in [-0.05, 0) is 20.8 Å². The second kappa shape index (κ2) is 2.48. The Balaban J connectivity index is 2.40. The van der Waals surface area contributed by atoms with Crippen molar-refractivity contribution in [3.63, 3.8) is 0 Å². The predicted molar refractivity (Wildman–Crippen MR) is 49.3 cm³/mol. The van der Waals surface area contributed by atoms with Crippen LogP contribution in [-0.2, 0) is 9.53 Å². The van der Waals surface area contributed by atoms with Crippen LogP contribution < -0.4 is 0 Å². The van der Waals surface area contributed by atoms with Crippen molar-refractivity contribution in [3.05, 3.63) is 0 Å². The molecule has 2 heterocycles. The molecule has 0 bridgehead atoms. The molecule has 0 radical (unpaired) electrons. The number of fused-ring (bicyclic) bond motifs is 1. The van der Waals surface area contributed by atoms with E-state index in [2.05, 4.69) is 0 Å². The number of alkyl halides is 1. The summed E-state index contributed by atoms with van der Waals surface area (Å²) in [6, 6.07) is -0.104. The lowest BCUT2D eigenvalue weighted by atomic mass is 9.91. The maximum atomic E-state index is 14.0. The van der Waals surface area contributed by atoms with Crippen molar-refractivity contribution in [1.29, 1.82) is 0 Å². The fourth-order valence-corrected chi connectivity index (χ4v) is 2.39. The number of rotatable bonds is 0. The number of amides is 1. The number of nitrogens with zero attached hydrogens (tertiary/aromatic N) is 1. The fraction of sp³-hybridized carbons (Fsp3) is 0.900. The van der Waals surface area contributed by atoms with E-state index in [1.165, 1.54) is 6.92 Å². The maximum Gasteiger partial charge on any atom is 0.262 e. The largest absolute Gasteiger partial charge is 0.354 e. The van der Waals surface area contributed by atoms with Gasteiger partial charge in [0.2, 0.25) is 0 Å². The number of carbonyl (C=O) groups is 1. The van der Waals surface area contributed by atoms with Crippen LogP contribution in [0.2, 0.25) is 0 Å². The number of hydrogen-bond acceptors (Lipinski definition) is 2. The van der Waals surface area contributed by atoms with Crippen molar-refractivity contribution in [2.75, 3.05) is 6.61 Å². The second-order valence-corrected chi connectivity index (χ2v) is 4.86.